The fourth-order valence-corrected chi connectivity index (χ4v) is 4.55. The highest BCUT2D eigenvalue weighted by atomic mass is 28.3. The van der Waals surface area contributed by atoms with Gasteiger partial charge in [-0.3, -0.25) is 4.79 Å². The monoisotopic (exact) mass is 422 g/mol. The van der Waals surface area contributed by atoms with Gasteiger partial charge in [0.2, 0.25) is 0 Å². The highest BCUT2D eigenvalue weighted by Crippen LogP contribution is 2.20. The summed E-state index contributed by atoms with van der Waals surface area (Å²) >= 11 is 0. The Morgan fingerprint density at radius 1 is 1.10 bits per heavy atom. The van der Waals surface area contributed by atoms with E-state index in [0.29, 0.717) is 12.2 Å². The van der Waals surface area contributed by atoms with Gasteiger partial charge >= 0.3 is 6.09 Å². The zero-order valence-electron chi connectivity index (χ0n) is 16.7. The minimum atomic E-state index is -2.26. The second kappa shape index (κ2) is 9.14. The van der Waals surface area contributed by atoms with Crippen LogP contribution < -0.4 is 15.8 Å². The number of benzene rings is 2. The van der Waals surface area contributed by atoms with Gasteiger partial charge in [0, 0.05) is 18.0 Å². The molecule has 0 radical (unpaired) electrons. The zero-order chi connectivity index (χ0) is 21.8. The van der Waals surface area contributed by atoms with E-state index in [-0.39, 0.29) is 10.9 Å². The van der Waals surface area contributed by atoms with E-state index in [1.54, 1.807) is 31.4 Å². The van der Waals surface area contributed by atoms with Gasteiger partial charge in [-0.1, -0.05) is 43.9 Å². The van der Waals surface area contributed by atoms with E-state index in [1.165, 1.54) is 0 Å². The Balaban J connectivity index is 2.29. The second-order valence-electron chi connectivity index (χ2n) is 7.61. The van der Waals surface area contributed by atoms with Crippen molar-refractivity contribution in [2.24, 2.45) is 0 Å². The van der Waals surface area contributed by atoms with E-state index >= 15 is 0 Å². The molecule has 0 heterocycles. The summed E-state index contributed by atoms with van der Waals surface area (Å²) in [4.78, 5) is 23.8. The summed E-state index contributed by atoms with van der Waals surface area (Å²) in [6.07, 6.45) is -1.41. The third-order valence-corrected chi connectivity index (χ3v) is 6.19. The second-order valence-corrected chi connectivity index (χ2v) is 12.6. The number of hydrogen-bond donors (Lipinski definition) is 3. The third kappa shape index (κ3) is 5.85. The van der Waals surface area contributed by atoms with Gasteiger partial charge in [-0.15, -0.1) is 0 Å². The molecule has 29 heavy (non-hydrogen) atoms. The molecule has 0 bridgehead atoms. The lowest BCUT2D eigenvalue weighted by Gasteiger charge is -2.21. The van der Waals surface area contributed by atoms with E-state index in [2.05, 4.69) is 10.6 Å². The summed E-state index contributed by atoms with van der Waals surface area (Å²) in [5.41, 5.74) is 1.14. The van der Waals surface area contributed by atoms with E-state index in [4.69, 9.17) is 9.84 Å². The average Bonchev–Trinajstić information content (AvgIpc) is 2.58. The van der Waals surface area contributed by atoms with Gasteiger partial charge in [-0.2, -0.15) is 0 Å². The van der Waals surface area contributed by atoms with Gasteiger partial charge in [0.05, 0.1) is 14.7 Å². The number of ether oxygens (including phenoxy) is 1. The van der Waals surface area contributed by atoms with E-state index in [9.17, 15) is 18.4 Å². The van der Waals surface area contributed by atoms with Crippen molar-refractivity contribution in [3.63, 3.8) is 0 Å². The first-order chi connectivity index (χ1) is 13.5. The molecular weight excluding hydrogens is 398 g/mol. The normalized spacial score (nSPS) is 12.3. The van der Waals surface area contributed by atoms with Crippen LogP contribution >= 0.6 is 0 Å². The smallest absolute Gasteiger partial charge is 0.405 e. The van der Waals surface area contributed by atoms with Crippen molar-refractivity contribution >= 4 is 30.9 Å². The number of methoxy groups -OCH3 is 1. The van der Waals surface area contributed by atoms with Crippen molar-refractivity contribution in [3.8, 4) is 0 Å². The summed E-state index contributed by atoms with van der Waals surface area (Å²) < 4.78 is 33.9. The molecule has 9 heteroatoms. The van der Waals surface area contributed by atoms with Crippen molar-refractivity contribution in [2.45, 2.75) is 32.3 Å². The number of hydrogen-bond acceptors (Lipinski definition) is 3. The van der Waals surface area contributed by atoms with Crippen molar-refractivity contribution in [3.05, 3.63) is 59.2 Å². The highest BCUT2D eigenvalue weighted by Gasteiger charge is 2.27. The molecule has 0 unspecified atom stereocenters. The Kier molecular flexibility index (Phi) is 7.10. The number of rotatable bonds is 7. The number of carbonyl (C=O) groups excluding carboxylic acids is 1. The van der Waals surface area contributed by atoms with E-state index in [1.807, 2.05) is 19.6 Å². The predicted octanol–water partition coefficient (Wildman–Crippen LogP) is 3.60. The van der Waals surface area contributed by atoms with Gasteiger partial charge in [-0.05, 0) is 23.3 Å². The van der Waals surface area contributed by atoms with Crippen LogP contribution in [-0.2, 0) is 16.1 Å². The first-order valence-corrected chi connectivity index (χ1v) is 12.4. The molecule has 0 aliphatic carbocycles. The topological polar surface area (TPSA) is 87.7 Å². The van der Waals surface area contributed by atoms with E-state index in [0.717, 1.165) is 17.7 Å². The summed E-state index contributed by atoms with van der Waals surface area (Å²) in [5.74, 6) is -2.22. The van der Waals surface area contributed by atoms with Gasteiger partial charge in [0.25, 0.3) is 5.91 Å². The molecule has 0 aromatic heterocycles. The average molecular weight is 423 g/mol. The lowest BCUT2D eigenvalue weighted by molar-refractivity contribution is -0.118. The molecule has 0 saturated heterocycles. The molecule has 156 valence electrons. The number of halogens is 2. The number of anilines is 1. The first-order valence-electron chi connectivity index (χ1n) is 8.90. The molecule has 2 amide bonds. The summed E-state index contributed by atoms with van der Waals surface area (Å²) in [5, 5.41) is 13.6. The highest BCUT2D eigenvalue weighted by molar-refractivity contribution is 6.88. The fourth-order valence-electron chi connectivity index (χ4n) is 2.97. The van der Waals surface area contributed by atoms with Gasteiger partial charge in [0.1, 0.15) is 17.7 Å². The van der Waals surface area contributed by atoms with Crippen molar-refractivity contribution in [2.75, 3.05) is 12.4 Å². The molecule has 0 saturated carbocycles. The summed E-state index contributed by atoms with van der Waals surface area (Å²) in [7, 11) is -0.713. The molecule has 0 spiro atoms. The lowest BCUT2D eigenvalue weighted by atomic mass is 10.0. The zero-order valence-corrected chi connectivity index (χ0v) is 17.7. The predicted molar refractivity (Wildman–Crippen MR) is 109 cm³/mol. The molecular formula is C20H24F2N2O4Si. The Hall–Kier alpha value is -2.78. The lowest BCUT2D eigenvalue weighted by Crippen LogP contribution is -2.42. The van der Waals surface area contributed by atoms with Crippen LogP contribution in [0.2, 0.25) is 19.6 Å². The minimum absolute atomic E-state index is 0.0458. The van der Waals surface area contributed by atoms with Gasteiger partial charge < -0.3 is 20.5 Å². The Morgan fingerprint density at radius 3 is 2.10 bits per heavy atom. The molecule has 6 nitrogen and oxygen atoms in total. The van der Waals surface area contributed by atoms with Crippen molar-refractivity contribution in [1.82, 2.24) is 5.32 Å². The molecule has 0 aliphatic rings. The molecule has 2 aromatic rings. The first kappa shape index (κ1) is 22.5. The third-order valence-electron chi connectivity index (χ3n) is 4.21. The molecule has 1 atom stereocenters. The van der Waals surface area contributed by atoms with Crippen LogP contribution in [-0.4, -0.2) is 32.3 Å². The maximum absolute atomic E-state index is 14.4. The summed E-state index contributed by atoms with van der Waals surface area (Å²) in [6.45, 7) is 5.80. The molecule has 2 rings (SSSR count). The Morgan fingerprint density at radius 2 is 1.66 bits per heavy atom. The number of nitrogens with one attached hydrogen (secondary N) is 2. The van der Waals surface area contributed by atoms with Crippen molar-refractivity contribution < 1.29 is 28.2 Å². The quantitative estimate of drug-likeness (QED) is 0.595. The van der Waals surface area contributed by atoms with Crippen LogP contribution in [0.4, 0.5) is 19.3 Å². The van der Waals surface area contributed by atoms with Gasteiger partial charge in [0.15, 0.2) is 0 Å². The maximum Gasteiger partial charge on any atom is 0.405 e. The van der Waals surface area contributed by atoms with Crippen LogP contribution in [0.1, 0.15) is 17.2 Å². The van der Waals surface area contributed by atoms with E-state index < -0.39 is 37.8 Å². The maximum atomic E-state index is 14.4. The number of carboxylic acid groups (broad SMARTS) is 1. The molecule has 0 fully saturated rings. The molecule has 2 aromatic carbocycles. The number of carbonyl (C=O) groups is 2. The SMILES string of the molecule is COCc1ccc([C@@H](NC(=O)O)C(=O)Nc2cc(F)c([Si](C)(C)C)c(F)c2)cc1. The van der Waals surface area contributed by atoms with Gasteiger partial charge in [-0.25, -0.2) is 13.6 Å². The molecule has 0 aliphatic heterocycles. The number of amides is 2. The summed E-state index contributed by atoms with van der Waals surface area (Å²) in [6, 6.07) is 7.41. The van der Waals surface area contributed by atoms with Crippen LogP contribution in [0.25, 0.3) is 0 Å². The standard InChI is InChI=1S/C20H24F2N2O4Si/c1-28-11-12-5-7-13(8-6-12)17(24-20(26)27)19(25)23-14-9-15(21)18(16(22)10-14)29(2,3)4/h5-10,17,24H,11H2,1-4H3,(H,23,25)(H,26,27)/t17-/m1/s1. The largest absolute Gasteiger partial charge is 0.465 e. The van der Waals surface area contributed by atoms with Crippen LogP contribution in [0, 0.1) is 11.6 Å². The van der Waals surface area contributed by atoms with Crippen LogP contribution in [0.3, 0.4) is 0 Å². The van der Waals surface area contributed by atoms with Crippen LogP contribution in [0.15, 0.2) is 36.4 Å². The molecule has 3 N–H and O–H groups in total. The Labute approximate surface area is 168 Å². The van der Waals surface area contributed by atoms with Crippen molar-refractivity contribution in [1.29, 1.82) is 0 Å². The Bertz CT molecular complexity index is 875. The fraction of sp³-hybridized carbons (Fsp3) is 0.300. The minimum Gasteiger partial charge on any atom is -0.465 e. The van der Waals surface area contributed by atoms with Crippen LogP contribution in [0.5, 0.6) is 0 Å².